The number of nitrogens with zero attached hydrogens (tertiary/aromatic N) is 19. The van der Waals surface area contributed by atoms with Crippen molar-refractivity contribution in [2.45, 2.75) is 208 Å². The van der Waals surface area contributed by atoms with E-state index >= 15 is 0 Å². The van der Waals surface area contributed by atoms with E-state index < -0.39 is 157 Å². The minimum absolute atomic E-state index is 0.407. The zero-order valence-corrected chi connectivity index (χ0v) is 91.0. The van der Waals surface area contributed by atoms with Gasteiger partial charge in [-0.05, 0) is 175 Å². The number of rotatable bonds is 50. The number of pyridine rings is 1. The zero-order chi connectivity index (χ0) is 105. The molecule has 20 atom stereocenters. The summed E-state index contributed by atoms with van der Waals surface area (Å²) < 4.78 is 65.8. The molecule has 50 heteroatoms. The van der Waals surface area contributed by atoms with Crippen molar-refractivity contribution < 1.29 is 98.4 Å². The number of hydrogen-bond acceptors (Lipinski definition) is 40. The number of aliphatic hydroxyl groups is 10. The molecule has 10 aromatic heterocycles. The van der Waals surface area contributed by atoms with Crippen LogP contribution in [0.2, 0.25) is 0 Å². The second kappa shape index (κ2) is 55.5. The molecular weight excluding hydrogens is 1970 g/mol. The molecule has 0 spiro atoms. The van der Waals surface area contributed by atoms with Crippen LogP contribution in [0.25, 0.3) is 55.8 Å². The molecule has 5 aliphatic heterocycles. The van der Waals surface area contributed by atoms with Crippen molar-refractivity contribution in [3.05, 3.63) is 69.2 Å². The van der Waals surface area contributed by atoms with Gasteiger partial charge in [0.1, 0.15) is 91.9 Å². The summed E-state index contributed by atoms with van der Waals surface area (Å²) in [6.45, 7) is 30.5. The minimum atomic E-state index is -1.27. The van der Waals surface area contributed by atoms with Crippen LogP contribution in [0, 0.1) is 0 Å². The van der Waals surface area contributed by atoms with Crippen LogP contribution in [-0.2, 0) is 47.4 Å². The highest BCUT2D eigenvalue weighted by Crippen LogP contribution is 2.47. The average molecular weight is 2130 g/mol. The van der Waals surface area contributed by atoms with Gasteiger partial charge >= 0.3 is 0 Å². The smallest absolute Gasteiger partial charge is 0.167 e. The molecule has 145 heavy (non-hydrogen) atoms. The van der Waals surface area contributed by atoms with Crippen LogP contribution in [0.1, 0.15) is 116 Å². The number of nitrogens with one attached hydrogen (secondary N) is 5. The Balaban J connectivity index is 0.000000176. The molecule has 0 bridgehead atoms. The first-order valence-electron chi connectivity index (χ1n) is 49.8. The van der Waals surface area contributed by atoms with Gasteiger partial charge in [-0.1, -0.05) is 20.3 Å². The summed E-state index contributed by atoms with van der Waals surface area (Å²) in [7, 11) is 1.82. The number of fused-ring (bicyclic) bond motifs is 5. The summed E-state index contributed by atoms with van der Waals surface area (Å²) in [6.07, 6.45) is 33.2. The molecular formula is C95H160N25O20P5. The van der Waals surface area contributed by atoms with Crippen molar-refractivity contribution in [1.82, 2.24) is 92.6 Å². The molecule has 5 fully saturated rings. The van der Waals surface area contributed by atoms with Crippen LogP contribution in [0.5, 0.6) is 0 Å². The van der Waals surface area contributed by atoms with Gasteiger partial charge in [-0.15, -0.1) is 65.9 Å². The van der Waals surface area contributed by atoms with E-state index in [9.17, 15) is 51.1 Å². The van der Waals surface area contributed by atoms with E-state index in [2.05, 4.69) is 208 Å². The Bertz CT molecular complexity index is 5900. The van der Waals surface area contributed by atoms with Crippen molar-refractivity contribution in [3.8, 4) is 0 Å². The molecule has 5 aliphatic rings. The van der Waals surface area contributed by atoms with Crippen LogP contribution in [0.4, 0.5) is 29.0 Å². The van der Waals surface area contributed by atoms with Gasteiger partial charge in [-0.2, -0.15) is 0 Å². The number of ether oxygens (including phenoxy) is 10. The van der Waals surface area contributed by atoms with Gasteiger partial charge in [0.25, 0.3) is 0 Å². The third kappa shape index (κ3) is 33.2. The summed E-state index contributed by atoms with van der Waals surface area (Å²) in [5.41, 5.74) is 12.2. The molecule has 15 rings (SSSR count). The number of nitrogens with two attached hydrogens (primary N) is 1. The Morgan fingerprint density at radius 2 is 0.572 bits per heavy atom. The highest BCUT2D eigenvalue weighted by molar-refractivity contribution is 7.73. The molecule has 45 nitrogen and oxygen atoms in total. The molecule has 5 saturated heterocycles. The molecule has 0 saturated carbocycles. The van der Waals surface area contributed by atoms with E-state index in [1.54, 1.807) is 60.7 Å². The molecule has 15 heterocycles. The molecule has 0 aromatic carbocycles. The van der Waals surface area contributed by atoms with E-state index in [-0.39, 0.29) is 0 Å². The fraction of sp³-hybridized carbons (Fsp3) is 0.674. The van der Waals surface area contributed by atoms with Crippen LogP contribution in [0.15, 0.2) is 69.2 Å². The van der Waals surface area contributed by atoms with Gasteiger partial charge in [-0.3, -0.25) is 22.8 Å². The molecule has 0 radical (unpaired) electrons. The molecule has 10 aromatic rings. The number of unbranched alkanes of at least 4 members (excludes halogenated alkanes) is 1. The van der Waals surface area contributed by atoms with E-state index in [4.69, 9.17) is 53.1 Å². The average Bonchev–Trinajstić information content (AvgIpc) is 1.64. The van der Waals surface area contributed by atoms with Crippen molar-refractivity contribution in [3.63, 3.8) is 0 Å². The predicted molar refractivity (Wildman–Crippen MR) is 582 cm³/mol. The number of hydrogen-bond donors (Lipinski definition) is 16. The highest BCUT2D eigenvalue weighted by Gasteiger charge is 2.49. The van der Waals surface area contributed by atoms with Crippen LogP contribution >= 0.6 is 34.4 Å². The second-order valence-electron chi connectivity index (χ2n) is 40.3. The normalized spacial score (nSPS) is 25.0. The molecule has 17 N–H and O–H groups in total. The first-order valence-corrected chi connectivity index (χ1v) is 65.0. The van der Waals surface area contributed by atoms with Gasteiger partial charge in [-0.25, -0.2) is 69.8 Å². The lowest BCUT2D eigenvalue weighted by Gasteiger charge is -2.18. The second-order valence-corrected chi connectivity index (χ2v) is 61.9. The van der Waals surface area contributed by atoms with Crippen molar-refractivity contribution >= 4 is 151 Å². The van der Waals surface area contributed by atoms with E-state index in [0.29, 0.717) is 197 Å². The topological polar surface area (TPSA) is 586 Å². The standard InChI is InChI=1S/C28H51N6O8P.C18H30N5O3P.C17H28N5O3P.C16H26N5O3P.C16H25N4O3P/c1-43(2,3)19-6-22-24(35)25(36)28(42-22)34-21-33-23-26(31-20-32-27(23)34)30-8-5-10-38-12-14-40-16-18-41-17-15-39-13-11-37-9-4-7-29;1-5-6-8-19-16-13-17(21-10-20-16)23(11-22-13)18-15(25)14(24)12(26-18)7-9-27(2,3)4;1-5-7-18-15-12-16(20-9-19-15)22(10-21-12)17-14(24)13(23)11(25-17)6-8-26(2,3)4;1-5-17-14-11-15(19-8-18-14)21(9-20-11)16-13(23)12(22)10(24-16)6-7-25(2,3)4;1-17-10-5-7-18-15-12(10)19-9-20(15)16-14(22)13(21)11(23-16)6-8-24(2,3)4/h20-22,24-25,28,35-36H,1,4-19,29H2,2-3H3,(H,30,31,32);10-12,14-15,18,24-25H,2,5-9H2,1,3-4H3,(H,19,20,21);9-11,13-14,17,23-24H,2,5-8H2,1,3-4H3,(H,18,19,20);8-10,12-13,16,22-23H,2,5-7H2,1,3-4H3,(H,17,18,19);5,7,9,11,13-14,16,21-22H,2,6,8H2,1,3-4H3,(H,17,18)/t22-,24-,25-,28?;12-,14-,15-,18?;11-,13-,14-,17?;10-,12-,13-,16?;11-,13-,14-,16?/m11111/s1. The summed E-state index contributed by atoms with van der Waals surface area (Å²) in [4.78, 5) is 60.6. The lowest BCUT2D eigenvalue weighted by Crippen LogP contribution is -2.31. The van der Waals surface area contributed by atoms with Gasteiger partial charge < -0.3 is 131 Å². The van der Waals surface area contributed by atoms with Crippen LogP contribution in [0.3, 0.4) is 0 Å². The van der Waals surface area contributed by atoms with E-state index in [1.165, 1.54) is 25.3 Å². The number of anilines is 5. The van der Waals surface area contributed by atoms with Crippen LogP contribution < -0.4 is 32.3 Å². The van der Waals surface area contributed by atoms with Gasteiger partial charge in [0, 0.05) is 52.6 Å². The van der Waals surface area contributed by atoms with Gasteiger partial charge in [0.05, 0.1) is 121 Å². The monoisotopic (exact) mass is 2130 g/mol. The van der Waals surface area contributed by atoms with E-state index in [1.807, 2.05) is 20.0 Å². The zero-order valence-electron chi connectivity index (χ0n) is 86.5. The SMILES string of the molecule is C=P(C)(C)CC[C@H]1OC(n2cnc3c(NC)ccnc32)[C@H](O)[C@@H]1O.C=P(C)(C)CC[C@H]1OC(n2cnc3c(NCC)ncnc32)[C@H](O)[C@@H]1O.C=P(C)(C)CC[C@H]1OC(n2cnc3c(NCCC)ncnc32)[C@H](O)[C@@H]1O.C=P(C)(C)CC[C@H]1OC(n2cnc3c(NCCCC)ncnc32)[C@H](O)[C@@H]1O.C=P(C)(C)CC[C@H]1OC(n2cnc3c(NCCCOCCOCCOCCOCCOCCCN)ncnc32)[C@H](O)[C@@H]1O. The molecule has 0 amide bonds. The maximum absolute atomic E-state index is 10.7. The number of aromatic nitrogens is 19. The third-order valence-corrected chi connectivity index (χ3v) is 32.1. The van der Waals surface area contributed by atoms with Crippen LogP contribution in [-0.4, -0.2) is 470 Å². The largest absolute Gasteiger partial charge is 0.388 e. The summed E-state index contributed by atoms with van der Waals surface area (Å²) >= 11 is 0. The van der Waals surface area contributed by atoms with Crippen molar-refractivity contribution in [2.24, 2.45) is 5.73 Å². The predicted octanol–water partition coefficient (Wildman–Crippen LogP) is 6.07. The maximum Gasteiger partial charge on any atom is 0.167 e. The summed E-state index contributed by atoms with van der Waals surface area (Å²) in [5, 5.41) is 121. The lowest BCUT2D eigenvalue weighted by molar-refractivity contribution is -0.0353. The van der Waals surface area contributed by atoms with E-state index in [0.717, 1.165) is 81.7 Å². The number of imidazole rings is 5. The van der Waals surface area contributed by atoms with Crippen molar-refractivity contribution in [1.29, 1.82) is 0 Å². The first kappa shape index (κ1) is 118. The Kier molecular flexibility index (Phi) is 45.1. The van der Waals surface area contributed by atoms with Gasteiger partial charge in [0.2, 0.25) is 0 Å². The molecule has 5 unspecified atom stereocenters. The molecule has 0 aliphatic carbocycles. The first-order chi connectivity index (χ1) is 69.1. The summed E-state index contributed by atoms with van der Waals surface area (Å²) in [6, 6.07) is 1.84. The fourth-order valence-electron chi connectivity index (χ4n) is 16.7. The van der Waals surface area contributed by atoms with Crippen molar-refractivity contribution in [2.75, 3.05) is 230 Å². The quantitative estimate of drug-likeness (QED) is 0.0152. The fourth-order valence-corrected chi connectivity index (χ4v) is 21.5. The Morgan fingerprint density at radius 3 is 0.834 bits per heavy atom. The Labute approximate surface area is 849 Å². The summed E-state index contributed by atoms with van der Waals surface area (Å²) in [5.74, 6) is 2.55. The Hall–Kier alpha value is -7.52. The highest BCUT2D eigenvalue weighted by atomic mass is 31.2. The minimum Gasteiger partial charge on any atom is -0.388 e. The Morgan fingerprint density at radius 1 is 0.317 bits per heavy atom. The lowest BCUT2D eigenvalue weighted by atomic mass is 10.1. The number of aliphatic hydroxyl groups excluding tert-OH is 10. The molecule has 810 valence electrons. The third-order valence-electron chi connectivity index (χ3n) is 24.8. The van der Waals surface area contributed by atoms with Gasteiger partial charge in [0.15, 0.2) is 105 Å². The maximum atomic E-state index is 10.7.